The van der Waals surface area contributed by atoms with E-state index in [9.17, 15) is 0 Å². The summed E-state index contributed by atoms with van der Waals surface area (Å²) in [5.74, 6) is 0. The SMILES string of the molecule is C.C.C.C.C.C.C.C.C.CCCCC. The fraction of sp³-hybridized carbons (Fsp3) is 1.00. The van der Waals surface area contributed by atoms with Crippen molar-refractivity contribution < 1.29 is 0 Å². The first kappa shape index (κ1) is 148. The topological polar surface area (TPSA) is 0 Å². The second-order valence-electron chi connectivity index (χ2n) is 1.35. The van der Waals surface area contributed by atoms with Gasteiger partial charge in [0.2, 0.25) is 0 Å². The fourth-order valence-corrected chi connectivity index (χ4v) is 0.354. The van der Waals surface area contributed by atoms with Crippen LogP contribution in [0.25, 0.3) is 0 Å². The van der Waals surface area contributed by atoms with Gasteiger partial charge in [0.15, 0.2) is 0 Å². The molecule has 0 aromatic rings. The molecular formula is C14H48. The van der Waals surface area contributed by atoms with E-state index >= 15 is 0 Å². The Hall–Kier alpha value is 0. The van der Waals surface area contributed by atoms with Crippen molar-refractivity contribution in [2.24, 2.45) is 0 Å². The van der Waals surface area contributed by atoms with Gasteiger partial charge < -0.3 is 0 Å². The van der Waals surface area contributed by atoms with Gasteiger partial charge in [0.25, 0.3) is 0 Å². The molecule has 0 atom stereocenters. The summed E-state index contributed by atoms with van der Waals surface area (Å²) < 4.78 is 0. The van der Waals surface area contributed by atoms with Crippen molar-refractivity contribution >= 4 is 0 Å². The van der Waals surface area contributed by atoms with E-state index < -0.39 is 0 Å². The predicted molar refractivity (Wildman–Crippen MR) is 85.8 cm³/mol. The third kappa shape index (κ3) is 363. The Morgan fingerprint density at radius 1 is 0.429 bits per heavy atom. The first-order chi connectivity index (χ1) is 2.41. The summed E-state index contributed by atoms with van der Waals surface area (Å²) in [7, 11) is 0. The molecule has 0 aromatic heterocycles. The molecule has 0 aliphatic carbocycles. The van der Waals surface area contributed by atoms with Crippen LogP contribution in [0, 0.1) is 0 Å². The van der Waals surface area contributed by atoms with Crippen molar-refractivity contribution in [3.63, 3.8) is 0 Å². The van der Waals surface area contributed by atoms with Gasteiger partial charge in [0, 0.05) is 0 Å². The lowest BCUT2D eigenvalue weighted by Crippen LogP contribution is -1.59. The van der Waals surface area contributed by atoms with Crippen molar-refractivity contribution in [1.29, 1.82) is 0 Å². The zero-order valence-electron chi connectivity index (χ0n) is 4.12. The van der Waals surface area contributed by atoms with Crippen LogP contribution in [-0.4, -0.2) is 0 Å². The molecular weight excluding hydrogens is 168 g/mol. The number of hydrogen-bond acceptors (Lipinski definition) is 0. The molecule has 0 aromatic carbocycles. The normalized spacial score (nSPS) is 3.00. The van der Waals surface area contributed by atoms with Gasteiger partial charge in [0.05, 0.1) is 0 Å². The van der Waals surface area contributed by atoms with Gasteiger partial charge in [0.1, 0.15) is 0 Å². The molecule has 0 bridgehead atoms. The Morgan fingerprint density at radius 3 is 0.571 bits per heavy atom. The van der Waals surface area contributed by atoms with E-state index in [1.165, 1.54) is 19.3 Å². The van der Waals surface area contributed by atoms with Gasteiger partial charge in [-0.2, -0.15) is 0 Å². The Kier molecular flexibility index (Phi) is 2200. The van der Waals surface area contributed by atoms with Crippen LogP contribution >= 0.6 is 0 Å². The molecule has 0 unspecified atom stereocenters. The molecule has 0 amide bonds. The summed E-state index contributed by atoms with van der Waals surface area (Å²) in [6, 6.07) is 0. The van der Waals surface area contributed by atoms with Gasteiger partial charge in [-0.3, -0.25) is 0 Å². The minimum atomic E-state index is 0. The smallest absolute Gasteiger partial charge is 0.0538 e. The summed E-state index contributed by atoms with van der Waals surface area (Å²) in [5, 5.41) is 0. The highest BCUT2D eigenvalue weighted by Crippen LogP contribution is 1.88. The van der Waals surface area contributed by atoms with E-state index in [0.29, 0.717) is 0 Å². The molecule has 0 spiro atoms. The fourth-order valence-electron chi connectivity index (χ4n) is 0.354. The van der Waals surface area contributed by atoms with Crippen molar-refractivity contribution in [2.75, 3.05) is 0 Å². The summed E-state index contributed by atoms with van der Waals surface area (Å²) in [5.41, 5.74) is 0. The lowest BCUT2D eigenvalue weighted by Gasteiger charge is -1.79. The minimum Gasteiger partial charge on any atom is -0.0776 e. The number of rotatable bonds is 2. The highest BCUT2D eigenvalue weighted by Gasteiger charge is 1.68. The summed E-state index contributed by atoms with van der Waals surface area (Å²) in [6.07, 6.45) is 4.08. The Balaban J connectivity index is -0.00000000222. The van der Waals surface area contributed by atoms with E-state index in [1.807, 2.05) is 0 Å². The zero-order chi connectivity index (χ0) is 4.12. The van der Waals surface area contributed by atoms with E-state index in [2.05, 4.69) is 13.8 Å². The van der Waals surface area contributed by atoms with E-state index in [1.54, 1.807) is 0 Å². The lowest BCUT2D eigenvalue weighted by molar-refractivity contribution is 0.772. The molecule has 14 heavy (non-hydrogen) atoms. The van der Waals surface area contributed by atoms with Crippen molar-refractivity contribution in [1.82, 2.24) is 0 Å². The first-order valence-corrected chi connectivity index (χ1v) is 2.41. The summed E-state index contributed by atoms with van der Waals surface area (Å²) in [6.45, 7) is 4.42. The third-order valence-corrected chi connectivity index (χ3v) is 0.707. The standard InChI is InChI=1S/C5H12.9CH4/c1-3-5-4-2;;;;;;;;;/h3-5H2,1-2H3;9*1H4. The summed E-state index contributed by atoms with van der Waals surface area (Å²) in [4.78, 5) is 0. The Labute approximate surface area is 101 Å². The quantitative estimate of drug-likeness (QED) is 0.440. The average Bonchev–Trinajstić information content (AvgIpc) is 1.41. The number of unbranched alkanes of at least 4 members (excludes halogenated alkanes) is 2. The molecule has 0 heterocycles. The zero-order valence-corrected chi connectivity index (χ0v) is 4.12. The van der Waals surface area contributed by atoms with E-state index in [0.717, 1.165) is 0 Å². The van der Waals surface area contributed by atoms with Crippen molar-refractivity contribution in [2.45, 2.75) is 99.9 Å². The molecule has 0 N–H and O–H groups in total. The monoisotopic (exact) mass is 216 g/mol. The Morgan fingerprint density at radius 2 is 0.571 bits per heavy atom. The second kappa shape index (κ2) is 208. The van der Waals surface area contributed by atoms with Crippen LogP contribution in [-0.2, 0) is 0 Å². The number of hydrogen-bond donors (Lipinski definition) is 0. The average molecular weight is 217 g/mol. The molecule has 104 valence electrons. The van der Waals surface area contributed by atoms with E-state index in [4.69, 9.17) is 0 Å². The van der Waals surface area contributed by atoms with Crippen LogP contribution in [0.15, 0.2) is 0 Å². The van der Waals surface area contributed by atoms with Gasteiger partial charge >= 0.3 is 0 Å². The molecule has 0 rings (SSSR count). The molecule has 0 radical (unpaired) electrons. The lowest BCUT2D eigenvalue weighted by atomic mass is 10.3. The molecule has 0 fully saturated rings. The van der Waals surface area contributed by atoms with E-state index in [-0.39, 0.29) is 66.8 Å². The Bertz CT molecular complexity index is 7.51. The van der Waals surface area contributed by atoms with Crippen LogP contribution in [0.3, 0.4) is 0 Å². The maximum Gasteiger partial charge on any atom is -0.0538 e. The molecule has 0 aliphatic rings. The molecule has 0 saturated heterocycles. The predicted octanol–water partition coefficient (Wildman–Crippen LogP) is 7.92. The molecule has 0 saturated carbocycles. The van der Waals surface area contributed by atoms with Gasteiger partial charge in [-0.25, -0.2) is 0 Å². The minimum absolute atomic E-state index is 0. The molecule has 0 heteroatoms. The maximum absolute atomic E-state index is 2.21. The van der Waals surface area contributed by atoms with Gasteiger partial charge in [-0.05, 0) is 0 Å². The van der Waals surface area contributed by atoms with Crippen molar-refractivity contribution in [3.05, 3.63) is 0 Å². The van der Waals surface area contributed by atoms with Gasteiger partial charge in [-0.15, -0.1) is 0 Å². The van der Waals surface area contributed by atoms with Crippen LogP contribution < -0.4 is 0 Å². The van der Waals surface area contributed by atoms with Crippen LogP contribution in [0.2, 0.25) is 0 Å². The second-order valence-corrected chi connectivity index (χ2v) is 1.35. The molecule has 0 aliphatic heterocycles. The van der Waals surface area contributed by atoms with Crippen LogP contribution in [0.4, 0.5) is 0 Å². The first-order valence-electron chi connectivity index (χ1n) is 2.41. The highest BCUT2D eigenvalue weighted by atomic mass is 13.7. The molecule has 0 nitrogen and oxygen atoms in total. The largest absolute Gasteiger partial charge is 0.0776 e. The third-order valence-electron chi connectivity index (χ3n) is 0.707. The summed E-state index contributed by atoms with van der Waals surface area (Å²) >= 11 is 0. The highest BCUT2D eigenvalue weighted by molar-refractivity contribution is 4.24. The maximum atomic E-state index is 2.21. The van der Waals surface area contributed by atoms with Crippen LogP contribution in [0.5, 0.6) is 0 Å². The van der Waals surface area contributed by atoms with Crippen molar-refractivity contribution in [3.8, 4) is 0 Å². The van der Waals surface area contributed by atoms with Gasteiger partial charge in [-0.1, -0.05) is 99.9 Å². The van der Waals surface area contributed by atoms with Crippen LogP contribution in [0.1, 0.15) is 99.9 Å².